The fraction of sp³-hybridized carbons (Fsp3) is 0.364. The van der Waals surface area contributed by atoms with Gasteiger partial charge in [-0.3, -0.25) is 4.79 Å². The van der Waals surface area contributed by atoms with Gasteiger partial charge < -0.3 is 19.9 Å². The number of methoxy groups -OCH3 is 1. The molecule has 0 aliphatic heterocycles. The molecule has 1 unspecified atom stereocenters. The first-order valence-electron chi connectivity index (χ1n) is 9.40. The molecule has 29 heavy (non-hydrogen) atoms. The molecule has 2 aromatic carbocycles. The van der Waals surface area contributed by atoms with Crippen molar-refractivity contribution < 1.29 is 28.6 Å². The van der Waals surface area contributed by atoms with Crippen LogP contribution in [0.1, 0.15) is 24.5 Å². The van der Waals surface area contributed by atoms with Gasteiger partial charge in [-0.05, 0) is 42.7 Å². The number of carbonyl (C=O) groups is 2. The number of rotatable bonds is 11. The molecule has 156 valence electrons. The second kappa shape index (κ2) is 11.2. The summed E-state index contributed by atoms with van der Waals surface area (Å²) in [6.07, 6.45) is -0.391. The average Bonchev–Trinajstić information content (AvgIpc) is 2.68. The zero-order valence-electron chi connectivity index (χ0n) is 16.6. The number of carboxylic acids is 1. The van der Waals surface area contributed by atoms with Crippen molar-refractivity contribution >= 4 is 11.9 Å². The summed E-state index contributed by atoms with van der Waals surface area (Å²) < 4.78 is 24.2. The van der Waals surface area contributed by atoms with Crippen LogP contribution in [0.25, 0.3) is 0 Å². The lowest BCUT2D eigenvalue weighted by atomic mass is 10.1. The summed E-state index contributed by atoms with van der Waals surface area (Å²) >= 11 is 0. The highest BCUT2D eigenvalue weighted by Gasteiger charge is 2.17. The molecule has 0 saturated heterocycles. The van der Waals surface area contributed by atoms with Crippen molar-refractivity contribution in [3.63, 3.8) is 0 Å². The van der Waals surface area contributed by atoms with E-state index in [1.165, 1.54) is 13.2 Å². The van der Waals surface area contributed by atoms with E-state index in [1.807, 2.05) is 0 Å². The van der Waals surface area contributed by atoms with Crippen LogP contribution in [-0.4, -0.2) is 42.8 Å². The number of amides is 1. The van der Waals surface area contributed by atoms with Gasteiger partial charge >= 0.3 is 5.97 Å². The fourth-order valence-corrected chi connectivity index (χ4v) is 2.83. The monoisotopic (exact) mass is 403 g/mol. The number of aliphatic carboxylic acids is 1. The van der Waals surface area contributed by atoms with Gasteiger partial charge in [0, 0.05) is 20.1 Å². The normalized spacial score (nSPS) is 12.8. The van der Waals surface area contributed by atoms with Crippen molar-refractivity contribution in [2.75, 3.05) is 13.7 Å². The lowest BCUT2D eigenvalue weighted by molar-refractivity contribution is -0.148. The van der Waals surface area contributed by atoms with Gasteiger partial charge in [-0.15, -0.1) is 0 Å². The number of hydrogen-bond acceptors (Lipinski definition) is 4. The van der Waals surface area contributed by atoms with E-state index < -0.39 is 12.1 Å². The Morgan fingerprint density at radius 3 is 2.45 bits per heavy atom. The summed E-state index contributed by atoms with van der Waals surface area (Å²) in [6.45, 7) is 2.14. The third-order valence-corrected chi connectivity index (χ3v) is 4.39. The molecule has 0 saturated carbocycles. The van der Waals surface area contributed by atoms with E-state index in [0.717, 1.165) is 5.56 Å². The van der Waals surface area contributed by atoms with Crippen LogP contribution >= 0.6 is 0 Å². The van der Waals surface area contributed by atoms with Gasteiger partial charge in [0.1, 0.15) is 17.7 Å². The van der Waals surface area contributed by atoms with Gasteiger partial charge in [0.25, 0.3) is 0 Å². The van der Waals surface area contributed by atoms with Crippen LogP contribution in [0.3, 0.4) is 0 Å². The number of hydrogen-bond donors (Lipinski definition) is 2. The molecule has 0 aliphatic carbocycles. The first-order valence-corrected chi connectivity index (χ1v) is 9.40. The zero-order valence-corrected chi connectivity index (χ0v) is 16.6. The largest absolute Gasteiger partial charge is 0.490 e. The molecule has 0 aliphatic rings. The molecular formula is C22H26FNO5. The topological polar surface area (TPSA) is 84.9 Å². The van der Waals surface area contributed by atoms with Crippen LogP contribution in [0.4, 0.5) is 4.39 Å². The van der Waals surface area contributed by atoms with Crippen molar-refractivity contribution in [3.05, 3.63) is 65.5 Å². The van der Waals surface area contributed by atoms with E-state index >= 15 is 0 Å². The molecule has 7 heteroatoms. The standard InChI is InChI=1S/C22H26FNO5/c1-15(13-21(25)24-12-11-17-5-3-4-6-19(17)23)29-18-9-7-16(8-10-18)14-20(28-2)22(26)27/h3-10,15,20H,11-14H2,1-2H3,(H,24,25)(H,26,27)/t15?,20-/m0/s1. The van der Waals surface area contributed by atoms with Crippen LogP contribution in [0.2, 0.25) is 0 Å². The fourth-order valence-electron chi connectivity index (χ4n) is 2.83. The minimum atomic E-state index is -1.01. The molecule has 0 heterocycles. The molecular weight excluding hydrogens is 377 g/mol. The highest BCUT2D eigenvalue weighted by molar-refractivity contribution is 5.76. The van der Waals surface area contributed by atoms with Gasteiger partial charge in [-0.2, -0.15) is 0 Å². The van der Waals surface area contributed by atoms with E-state index in [0.29, 0.717) is 24.3 Å². The maximum atomic E-state index is 13.6. The van der Waals surface area contributed by atoms with Gasteiger partial charge in [-0.25, -0.2) is 9.18 Å². The van der Waals surface area contributed by atoms with E-state index in [2.05, 4.69) is 5.32 Å². The summed E-state index contributed by atoms with van der Waals surface area (Å²) in [7, 11) is 1.36. The molecule has 0 fully saturated rings. The van der Waals surface area contributed by atoms with Crippen LogP contribution in [0.5, 0.6) is 5.75 Å². The highest BCUT2D eigenvalue weighted by atomic mass is 19.1. The quantitative estimate of drug-likeness (QED) is 0.603. The van der Waals surface area contributed by atoms with Gasteiger partial charge in [0.05, 0.1) is 6.42 Å². The molecule has 0 aromatic heterocycles. The van der Waals surface area contributed by atoms with E-state index in [4.69, 9.17) is 14.6 Å². The second-order valence-electron chi connectivity index (χ2n) is 6.73. The third-order valence-electron chi connectivity index (χ3n) is 4.39. The van der Waals surface area contributed by atoms with Crippen LogP contribution in [0.15, 0.2) is 48.5 Å². The number of carbonyl (C=O) groups excluding carboxylic acids is 1. The summed E-state index contributed by atoms with van der Waals surface area (Å²) in [5, 5.41) is 11.8. The van der Waals surface area contributed by atoms with Gasteiger partial charge in [0.15, 0.2) is 6.10 Å². The SMILES string of the molecule is CO[C@@H](Cc1ccc(OC(C)CC(=O)NCCc2ccccc2F)cc1)C(=O)O. The molecule has 0 spiro atoms. The lowest BCUT2D eigenvalue weighted by Gasteiger charge is -2.15. The number of ether oxygens (including phenoxy) is 2. The van der Waals surface area contributed by atoms with Crippen LogP contribution in [0, 0.1) is 5.82 Å². The second-order valence-corrected chi connectivity index (χ2v) is 6.73. The smallest absolute Gasteiger partial charge is 0.333 e. The van der Waals surface area contributed by atoms with Crippen LogP contribution < -0.4 is 10.1 Å². The van der Waals surface area contributed by atoms with E-state index in [1.54, 1.807) is 49.4 Å². The Balaban J connectivity index is 1.75. The maximum absolute atomic E-state index is 13.6. The zero-order chi connectivity index (χ0) is 21.2. The first-order chi connectivity index (χ1) is 13.9. The number of carboxylic acid groups (broad SMARTS) is 1. The summed E-state index contributed by atoms with van der Waals surface area (Å²) in [6, 6.07) is 13.5. The number of benzene rings is 2. The Labute approximate surface area is 169 Å². The lowest BCUT2D eigenvalue weighted by Crippen LogP contribution is -2.30. The van der Waals surface area contributed by atoms with Crippen molar-refractivity contribution in [1.29, 1.82) is 0 Å². The Hall–Kier alpha value is -2.93. The summed E-state index contributed by atoms with van der Waals surface area (Å²) in [4.78, 5) is 23.1. The first kappa shape index (κ1) is 22.4. The van der Waals surface area contributed by atoms with Crippen molar-refractivity contribution in [2.24, 2.45) is 0 Å². The predicted octanol–water partition coefficient (Wildman–Crippen LogP) is 2.98. The number of nitrogens with one attached hydrogen (secondary N) is 1. The van der Waals surface area contributed by atoms with Gasteiger partial charge in [0.2, 0.25) is 5.91 Å². The molecule has 2 aromatic rings. The Kier molecular flexibility index (Phi) is 8.61. The molecule has 2 atom stereocenters. The molecule has 1 amide bonds. The molecule has 2 rings (SSSR count). The van der Waals surface area contributed by atoms with Crippen LogP contribution in [-0.2, 0) is 27.2 Å². The minimum absolute atomic E-state index is 0.170. The summed E-state index contributed by atoms with van der Waals surface area (Å²) in [5.74, 6) is -0.871. The average molecular weight is 403 g/mol. The molecule has 0 bridgehead atoms. The minimum Gasteiger partial charge on any atom is -0.490 e. The Morgan fingerprint density at radius 1 is 1.14 bits per heavy atom. The van der Waals surface area contributed by atoms with Crippen molar-refractivity contribution in [3.8, 4) is 5.75 Å². The number of halogens is 1. The van der Waals surface area contributed by atoms with Gasteiger partial charge in [-0.1, -0.05) is 30.3 Å². The van der Waals surface area contributed by atoms with Crippen molar-refractivity contribution in [2.45, 2.75) is 38.4 Å². The Bertz CT molecular complexity index is 809. The summed E-state index contributed by atoms with van der Waals surface area (Å²) in [5.41, 5.74) is 1.38. The molecule has 0 radical (unpaired) electrons. The third kappa shape index (κ3) is 7.54. The predicted molar refractivity (Wildman–Crippen MR) is 106 cm³/mol. The highest BCUT2D eigenvalue weighted by Crippen LogP contribution is 2.16. The Morgan fingerprint density at radius 2 is 1.83 bits per heavy atom. The van der Waals surface area contributed by atoms with E-state index in [-0.39, 0.29) is 30.7 Å². The maximum Gasteiger partial charge on any atom is 0.333 e. The molecule has 2 N–H and O–H groups in total. The van der Waals surface area contributed by atoms with E-state index in [9.17, 15) is 14.0 Å². The molecule has 6 nitrogen and oxygen atoms in total. The van der Waals surface area contributed by atoms with Crippen molar-refractivity contribution in [1.82, 2.24) is 5.32 Å².